The van der Waals surface area contributed by atoms with Crippen LogP contribution in [0.3, 0.4) is 0 Å². The fourth-order valence-electron chi connectivity index (χ4n) is 6.98. The Bertz CT molecular complexity index is 1530. The average molecular weight is 591 g/mol. The van der Waals surface area contributed by atoms with Crippen LogP contribution >= 0.6 is 0 Å². The van der Waals surface area contributed by atoms with Crippen molar-refractivity contribution in [1.29, 1.82) is 0 Å². The first kappa shape index (κ1) is 29.7. The lowest BCUT2D eigenvalue weighted by Gasteiger charge is -2.35. The van der Waals surface area contributed by atoms with Crippen molar-refractivity contribution in [2.24, 2.45) is 0 Å². The molecule has 6 rings (SSSR count). The van der Waals surface area contributed by atoms with Gasteiger partial charge in [-0.15, -0.1) is 0 Å². The van der Waals surface area contributed by atoms with Crippen LogP contribution < -0.4 is 0 Å². The maximum absolute atomic E-state index is 13.9. The van der Waals surface area contributed by atoms with Gasteiger partial charge in [0.05, 0.1) is 0 Å². The third kappa shape index (κ3) is 5.30. The fraction of sp³-hybridized carbons (Fsp3) is 0.143. The van der Waals surface area contributed by atoms with Gasteiger partial charge in [-0.05, 0) is 70.5 Å². The molecule has 0 saturated heterocycles. The molecule has 6 aromatic rings. The van der Waals surface area contributed by atoms with Crippen LogP contribution in [0.2, 0.25) is 0 Å². The van der Waals surface area contributed by atoms with Crippen LogP contribution in [0.5, 0.6) is 0 Å². The van der Waals surface area contributed by atoms with Crippen molar-refractivity contribution in [3.05, 3.63) is 203 Å². The molecule has 0 fully saturated rings. The van der Waals surface area contributed by atoms with Gasteiger partial charge in [0.1, 0.15) is 0 Å². The van der Waals surface area contributed by atoms with Crippen LogP contribution in [0.4, 0.5) is 0 Å². The molecule has 44 heavy (non-hydrogen) atoms. The smallest absolute Gasteiger partial charge is 0.158 e. The predicted molar refractivity (Wildman–Crippen MR) is 184 cm³/mol. The topological polar surface area (TPSA) is 23.1 Å². The maximum atomic E-state index is 13.9. The van der Waals surface area contributed by atoms with E-state index in [0.717, 1.165) is 22.6 Å². The van der Waals surface area contributed by atoms with Gasteiger partial charge in [-0.3, -0.25) is 0 Å². The minimum atomic E-state index is -1.30. The van der Waals surface area contributed by atoms with E-state index in [1.807, 2.05) is 24.3 Å². The maximum Gasteiger partial charge on any atom is 0.158 e. The molecule has 0 aliphatic carbocycles. The molecule has 0 amide bonds. The van der Waals surface area contributed by atoms with Crippen molar-refractivity contribution in [3.8, 4) is 0 Å². The molecule has 0 heterocycles. The van der Waals surface area contributed by atoms with Crippen LogP contribution in [-0.4, -0.2) is 4.55 Å². The molecule has 0 unspecified atom stereocenters. The molecule has 0 atom stereocenters. The number of benzene rings is 6. The van der Waals surface area contributed by atoms with E-state index in [1.54, 1.807) is 0 Å². The van der Waals surface area contributed by atoms with Crippen molar-refractivity contribution in [2.45, 2.75) is 47.3 Å². The molecule has 0 aliphatic rings. The van der Waals surface area contributed by atoms with E-state index >= 15 is 0 Å². The molecule has 0 radical (unpaired) electrons. The zero-order valence-electron chi connectivity index (χ0n) is 25.4. The van der Waals surface area contributed by atoms with E-state index in [4.69, 9.17) is 0 Å². The molecule has 0 spiro atoms. The normalized spacial score (nSPS) is 11.9. The number of hydrogen-bond acceptors (Lipinski definition) is 1. The minimum absolute atomic E-state index is 0.289. The van der Waals surface area contributed by atoms with Gasteiger partial charge in [0, 0.05) is 22.0 Å². The first-order valence-electron chi connectivity index (χ1n) is 15.5. The van der Waals surface area contributed by atoms with Gasteiger partial charge in [0.25, 0.3) is 0 Å². The summed E-state index contributed by atoms with van der Waals surface area (Å²) in [5.41, 5.74) is 6.86. The van der Waals surface area contributed by atoms with Crippen molar-refractivity contribution < 1.29 is 4.55 Å². The standard InChI is InChI=1S/C42H38OS/c1-3-41(33-17-9-5-10-18-33,34-19-11-6-12-20-34)37-25-29-39(30-26-37)44(43)40-31-27-38(28-32-40)42(4-2,35-21-13-7-14-22-35)36-23-15-8-16-24-36/h5-32H,3-4H2,1-2H3. The van der Waals surface area contributed by atoms with Gasteiger partial charge < -0.3 is 4.55 Å². The SMILES string of the molecule is CCC(c1ccccc1)(c1ccccc1)c1ccc([S+]([O-])c2ccc(C(CC)(c3ccccc3)c3ccccc3)cc2)cc1. The minimum Gasteiger partial charge on any atom is -0.606 e. The predicted octanol–water partition coefficient (Wildman–Crippen LogP) is 10.3. The average Bonchev–Trinajstić information content (AvgIpc) is 3.12. The third-order valence-corrected chi connectivity index (χ3v) is 10.7. The summed E-state index contributed by atoms with van der Waals surface area (Å²) < 4.78 is 13.9. The van der Waals surface area contributed by atoms with E-state index in [1.165, 1.54) is 33.4 Å². The summed E-state index contributed by atoms with van der Waals surface area (Å²) in [7, 11) is 0. The Kier molecular flexibility index (Phi) is 8.84. The highest BCUT2D eigenvalue weighted by Gasteiger charge is 2.36. The summed E-state index contributed by atoms with van der Waals surface area (Å²) >= 11 is -1.30. The van der Waals surface area contributed by atoms with Crippen molar-refractivity contribution in [1.82, 2.24) is 0 Å². The van der Waals surface area contributed by atoms with E-state index < -0.39 is 11.2 Å². The first-order valence-corrected chi connectivity index (χ1v) is 16.6. The summed E-state index contributed by atoms with van der Waals surface area (Å²) in [5, 5.41) is 0. The molecular formula is C42H38OS. The summed E-state index contributed by atoms with van der Waals surface area (Å²) in [6.45, 7) is 4.49. The van der Waals surface area contributed by atoms with Gasteiger partial charge in [0.2, 0.25) is 0 Å². The highest BCUT2D eigenvalue weighted by Crippen LogP contribution is 2.44. The Morgan fingerprint density at radius 1 is 0.364 bits per heavy atom. The highest BCUT2D eigenvalue weighted by molar-refractivity contribution is 7.91. The molecule has 6 aromatic carbocycles. The lowest BCUT2D eigenvalue weighted by atomic mass is 9.68. The third-order valence-electron chi connectivity index (χ3n) is 9.25. The molecule has 218 valence electrons. The number of hydrogen-bond donors (Lipinski definition) is 0. The van der Waals surface area contributed by atoms with Crippen LogP contribution in [-0.2, 0) is 22.0 Å². The van der Waals surface area contributed by atoms with Gasteiger partial charge >= 0.3 is 0 Å². The molecule has 0 bridgehead atoms. The first-order chi connectivity index (χ1) is 21.6. The summed E-state index contributed by atoms with van der Waals surface area (Å²) in [4.78, 5) is 1.61. The lowest BCUT2D eigenvalue weighted by Crippen LogP contribution is -2.28. The quantitative estimate of drug-likeness (QED) is 0.115. The Hall–Kier alpha value is -4.37. The molecule has 0 aliphatic heterocycles. The van der Waals surface area contributed by atoms with E-state index in [0.29, 0.717) is 0 Å². The van der Waals surface area contributed by atoms with Gasteiger partial charge in [-0.25, -0.2) is 0 Å². The van der Waals surface area contributed by atoms with E-state index in [9.17, 15) is 4.55 Å². The van der Waals surface area contributed by atoms with Crippen LogP contribution in [0.25, 0.3) is 0 Å². The van der Waals surface area contributed by atoms with Gasteiger partial charge in [0.15, 0.2) is 9.79 Å². The zero-order valence-corrected chi connectivity index (χ0v) is 26.2. The fourth-order valence-corrected chi connectivity index (χ4v) is 8.02. The van der Waals surface area contributed by atoms with E-state index in [-0.39, 0.29) is 10.8 Å². The van der Waals surface area contributed by atoms with Crippen LogP contribution in [0, 0.1) is 0 Å². The monoisotopic (exact) mass is 590 g/mol. The Labute approximate surface area is 265 Å². The summed E-state index contributed by atoms with van der Waals surface area (Å²) in [5.74, 6) is 0. The molecule has 0 N–H and O–H groups in total. The lowest BCUT2D eigenvalue weighted by molar-refractivity contribution is 0.587. The number of rotatable bonds is 10. The largest absolute Gasteiger partial charge is 0.606 e. The Balaban J connectivity index is 1.35. The van der Waals surface area contributed by atoms with Gasteiger partial charge in [-0.1, -0.05) is 159 Å². The summed E-state index contributed by atoms with van der Waals surface area (Å²) in [6.07, 6.45) is 1.82. The summed E-state index contributed by atoms with van der Waals surface area (Å²) in [6, 6.07) is 59.7. The van der Waals surface area contributed by atoms with Crippen molar-refractivity contribution in [2.75, 3.05) is 0 Å². The second-order valence-electron chi connectivity index (χ2n) is 11.3. The van der Waals surface area contributed by atoms with Crippen LogP contribution in [0.15, 0.2) is 180 Å². The molecule has 1 nitrogen and oxygen atoms in total. The second kappa shape index (κ2) is 13.1. The van der Waals surface area contributed by atoms with Crippen molar-refractivity contribution in [3.63, 3.8) is 0 Å². The Morgan fingerprint density at radius 3 is 0.818 bits per heavy atom. The van der Waals surface area contributed by atoms with Crippen LogP contribution in [0.1, 0.15) is 60.1 Å². The molecule has 0 saturated carbocycles. The molecular weight excluding hydrogens is 553 g/mol. The second-order valence-corrected chi connectivity index (χ2v) is 12.8. The highest BCUT2D eigenvalue weighted by atomic mass is 32.2. The zero-order chi connectivity index (χ0) is 30.4. The molecule has 0 aromatic heterocycles. The Morgan fingerprint density at radius 2 is 0.591 bits per heavy atom. The van der Waals surface area contributed by atoms with Crippen molar-refractivity contribution >= 4 is 11.2 Å². The van der Waals surface area contributed by atoms with Gasteiger partial charge in [-0.2, -0.15) is 0 Å². The molecule has 2 heteroatoms. The van der Waals surface area contributed by atoms with E-state index in [2.05, 4.69) is 159 Å².